The topological polar surface area (TPSA) is 50.5 Å². The Morgan fingerprint density at radius 3 is 2.23 bits per heavy atom. The molecule has 30 heavy (non-hydrogen) atoms. The third-order valence-electron chi connectivity index (χ3n) is 5.33. The van der Waals surface area contributed by atoms with Crippen molar-refractivity contribution in [2.75, 3.05) is 4.90 Å². The Hall–Kier alpha value is -2.70. The zero-order chi connectivity index (χ0) is 21.0. The molecule has 6 heteroatoms. The molecule has 0 saturated heterocycles. The summed E-state index contributed by atoms with van der Waals surface area (Å²) in [7, 11) is 0. The quantitative estimate of drug-likeness (QED) is 0.306. The van der Waals surface area contributed by atoms with Crippen molar-refractivity contribution in [2.45, 2.75) is 13.0 Å². The monoisotopic (exact) mass is 523 g/mol. The summed E-state index contributed by atoms with van der Waals surface area (Å²) >= 11 is 6.87. The van der Waals surface area contributed by atoms with Gasteiger partial charge in [-0.1, -0.05) is 61.7 Å². The average Bonchev–Trinajstić information content (AvgIpc) is 3.03. The first-order valence-electron chi connectivity index (χ1n) is 9.36. The fourth-order valence-electron chi connectivity index (χ4n) is 3.88. The van der Waals surface area contributed by atoms with E-state index in [0.29, 0.717) is 16.5 Å². The summed E-state index contributed by atoms with van der Waals surface area (Å²) in [5, 5.41) is 0.448. The number of aryl methyl sites for hydroxylation is 1. The minimum atomic E-state index is -0.567. The van der Waals surface area contributed by atoms with Crippen LogP contribution in [0.15, 0.2) is 84.9 Å². The first-order chi connectivity index (χ1) is 14.4. The van der Waals surface area contributed by atoms with Crippen LogP contribution >= 0.6 is 31.9 Å². The molecule has 0 N–H and O–H groups in total. The lowest BCUT2D eigenvalue weighted by Gasteiger charge is -2.25. The van der Waals surface area contributed by atoms with Crippen LogP contribution in [-0.2, 0) is 0 Å². The molecule has 0 saturated carbocycles. The molecule has 2 heterocycles. The van der Waals surface area contributed by atoms with E-state index in [2.05, 4.69) is 31.9 Å². The van der Waals surface area contributed by atoms with E-state index in [4.69, 9.17) is 4.42 Å². The number of rotatable bonds is 2. The Balaban J connectivity index is 1.81. The van der Waals surface area contributed by atoms with E-state index in [1.165, 1.54) is 0 Å². The van der Waals surface area contributed by atoms with Crippen LogP contribution in [0.5, 0.6) is 0 Å². The van der Waals surface area contributed by atoms with E-state index in [1.807, 2.05) is 55.5 Å². The first kappa shape index (κ1) is 19.3. The molecule has 1 aromatic heterocycles. The number of carbonyl (C=O) groups excluding carboxylic acids is 1. The molecule has 0 spiro atoms. The molecule has 0 aliphatic carbocycles. The summed E-state index contributed by atoms with van der Waals surface area (Å²) in [6.07, 6.45) is 0. The van der Waals surface area contributed by atoms with Crippen LogP contribution in [0.1, 0.15) is 33.3 Å². The van der Waals surface area contributed by atoms with E-state index >= 15 is 0 Å². The summed E-state index contributed by atoms with van der Waals surface area (Å²) in [6, 6.07) is 20.0. The minimum absolute atomic E-state index is 0.100. The van der Waals surface area contributed by atoms with Gasteiger partial charge in [-0.15, -0.1) is 0 Å². The van der Waals surface area contributed by atoms with Crippen molar-refractivity contribution < 1.29 is 9.21 Å². The van der Waals surface area contributed by atoms with Gasteiger partial charge >= 0.3 is 0 Å². The van der Waals surface area contributed by atoms with Gasteiger partial charge in [-0.25, -0.2) is 0 Å². The SMILES string of the molecule is Cc1ccc(N2C(=O)c3oc4ccc(Br)cc4c(=O)c3C2c2ccc(Br)cc2)cc1. The molecule has 1 amide bonds. The predicted molar refractivity (Wildman–Crippen MR) is 124 cm³/mol. The summed E-state index contributed by atoms with van der Waals surface area (Å²) in [6.45, 7) is 1.99. The fourth-order valence-corrected chi connectivity index (χ4v) is 4.50. The van der Waals surface area contributed by atoms with Gasteiger partial charge in [0.15, 0.2) is 5.43 Å². The predicted octanol–water partition coefficient (Wildman–Crippen LogP) is 6.38. The second kappa shape index (κ2) is 7.22. The maximum absolute atomic E-state index is 13.5. The third kappa shape index (κ3) is 3.02. The highest BCUT2D eigenvalue weighted by molar-refractivity contribution is 9.10. The van der Waals surface area contributed by atoms with Crippen LogP contribution in [0.2, 0.25) is 0 Å². The van der Waals surface area contributed by atoms with Gasteiger partial charge in [-0.05, 0) is 55.0 Å². The molecule has 4 nitrogen and oxygen atoms in total. The molecular formula is C24H15Br2NO3. The summed E-state index contributed by atoms with van der Waals surface area (Å²) in [4.78, 5) is 28.6. The molecule has 0 fully saturated rings. The molecule has 5 rings (SSSR count). The standard InChI is InChI=1S/C24H15Br2NO3/c1-13-2-9-17(10-3-13)27-21(14-4-6-15(25)7-5-14)20-22(28)18-12-16(26)8-11-19(18)30-23(20)24(27)29/h2-12,21H,1H3. The van der Waals surface area contributed by atoms with Gasteiger partial charge in [-0.3, -0.25) is 14.5 Å². The van der Waals surface area contributed by atoms with Crippen molar-refractivity contribution in [3.05, 3.63) is 108 Å². The molecular weight excluding hydrogens is 510 g/mol. The van der Waals surface area contributed by atoms with Crippen LogP contribution in [-0.4, -0.2) is 5.91 Å². The smallest absolute Gasteiger partial charge is 0.295 e. The van der Waals surface area contributed by atoms with Crippen LogP contribution in [0, 0.1) is 6.92 Å². The Labute approximate surface area is 189 Å². The van der Waals surface area contributed by atoms with Crippen LogP contribution in [0.3, 0.4) is 0 Å². The van der Waals surface area contributed by atoms with Crippen molar-refractivity contribution in [3.8, 4) is 0 Å². The highest BCUT2D eigenvalue weighted by Crippen LogP contribution is 2.41. The van der Waals surface area contributed by atoms with Gasteiger partial charge in [0, 0.05) is 14.6 Å². The van der Waals surface area contributed by atoms with Crippen molar-refractivity contribution in [3.63, 3.8) is 0 Å². The number of hydrogen-bond acceptors (Lipinski definition) is 3. The number of halogens is 2. The Bertz CT molecular complexity index is 1360. The zero-order valence-electron chi connectivity index (χ0n) is 15.9. The van der Waals surface area contributed by atoms with Crippen molar-refractivity contribution in [1.29, 1.82) is 0 Å². The molecule has 1 unspecified atom stereocenters. The molecule has 4 aromatic rings. The van der Waals surface area contributed by atoms with Gasteiger partial charge in [0.2, 0.25) is 5.76 Å². The van der Waals surface area contributed by atoms with E-state index in [9.17, 15) is 9.59 Å². The number of carbonyl (C=O) groups is 1. The van der Waals surface area contributed by atoms with Crippen LogP contribution in [0.25, 0.3) is 11.0 Å². The molecule has 0 bridgehead atoms. The van der Waals surface area contributed by atoms with Crippen molar-refractivity contribution in [2.24, 2.45) is 0 Å². The lowest BCUT2D eigenvalue weighted by atomic mass is 9.98. The number of benzene rings is 3. The van der Waals surface area contributed by atoms with Gasteiger partial charge in [0.25, 0.3) is 5.91 Å². The molecule has 1 aliphatic heterocycles. The lowest BCUT2D eigenvalue weighted by molar-refractivity contribution is 0.0971. The van der Waals surface area contributed by atoms with Crippen molar-refractivity contribution >= 4 is 54.4 Å². The lowest BCUT2D eigenvalue weighted by Crippen LogP contribution is -2.29. The molecule has 148 valence electrons. The minimum Gasteiger partial charge on any atom is -0.450 e. The normalized spacial score (nSPS) is 15.6. The van der Waals surface area contributed by atoms with E-state index in [-0.39, 0.29) is 17.1 Å². The van der Waals surface area contributed by atoms with Gasteiger partial charge < -0.3 is 4.42 Å². The fraction of sp³-hybridized carbons (Fsp3) is 0.0833. The second-order valence-corrected chi connectivity index (χ2v) is 9.11. The number of anilines is 1. The molecule has 3 aromatic carbocycles. The van der Waals surface area contributed by atoms with Crippen molar-refractivity contribution in [1.82, 2.24) is 0 Å². The second-order valence-electron chi connectivity index (χ2n) is 7.28. The summed E-state index contributed by atoms with van der Waals surface area (Å²) < 4.78 is 7.69. The third-order valence-corrected chi connectivity index (χ3v) is 6.35. The summed E-state index contributed by atoms with van der Waals surface area (Å²) in [5.74, 6) is -0.216. The number of nitrogens with zero attached hydrogens (tertiary/aromatic N) is 1. The van der Waals surface area contributed by atoms with E-state index in [0.717, 1.165) is 25.8 Å². The maximum Gasteiger partial charge on any atom is 0.295 e. The highest BCUT2D eigenvalue weighted by Gasteiger charge is 2.43. The van der Waals surface area contributed by atoms with E-state index < -0.39 is 6.04 Å². The zero-order valence-corrected chi connectivity index (χ0v) is 19.0. The Morgan fingerprint density at radius 2 is 1.53 bits per heavy atom. The van der Waals surface area contributed by atoms with E-state index in [1.54, 1.807) is 23.1 Å². The highest BCUT2D eigenvalue weighted by atomic mass is 79.9. The molecule has 1 atom stereocenters. The Morgan fingerprint density at radius 1 is 0.867 bits per heavy atom. The average molecular weight is 525 g/mol. The Kier molecular flexibility index (Phi) is 4.64. The maximum atomic E-state index is 13.5. The van der Waals surface area contributed by atoms with Crippen LogP contribution in [0.4, 0.5) is 5.69 Å². The first-order valence-corrected chi connectivity index (χ1v) is 10.9. The summed E-state index contributed by atoms with van der Waals surface area (Å²) in [5.41, 5.74) is 3.22. The number of hydrogen-bond donors (Lipinski definition) is 0. The van der Waals surface area contributed by atoms with Gasteiger partial charge in [0.1, 0.15) is 5.58 Å². The largest absolute Gasteiger partial charge is 0.450 e. The van der Waals surface area contributed by atoms with Crippen LogP contribution < -0.4 is 10.3 Å². The molecule has 0 radical (unpaired) electrons. The van der Waals surface area contributed by atoms with Gasteiger partial charge in [-0.2, -0.15) is 0 Å². The number of fused-ring (bicyclic) bond motifs is 2. The van der Waals surface area contributed by atoms with Gasteiger partial charge in [0.05, 0.1) is 17.0 Å². The molecule has 1 aliphatic rings. The number of amides is 1.